The molecule has 1 N–H and O–H groups in total. The van der Waals surface area contributed by atoms with Crippen molar-refractivity contribution in [2.45, 2.75) is 32.7 Å². The van der Waals surface area contributed by atoms with Crippen molar-refractivity contribution < 1.29 is 14.6 Å². The van der Waals surface area contributed by atoms with Crippen molar-refractivity contribution in [2.75, 3.05) is 26.8 Å². The van der Waals surface area contributed by atoms with Crippen molar-refractivity contribution in [3.05, 3.63) is 0 Å². The van der Waals surface area contributed by atoms with Gasteiger partial charge in [0, 0.05) is 13.2 Å². The summed E-state index contributed by atoms with van der Waals surface area (Å²) in [7, 11) is 1.57. The molecule has 16 heavy (non-hydrogen) atoms. The summed E-state index contributed by atoms with van der Waals surface area (Å²) in [5, 5.41) is 9.14. The van der Waals surface area contributed by atoms with Crippen LogP contribution in [0.3, 0.4) is 0 Å². The second-order valence-electron chi connectivity index (χ2n) is 4.87. The molecule has 4 nitrogen and oxygen atoms in total. The number of aliphatic carboxylic acids is 1. The smallest absolute Gasteiger partial charge is 0.309 e. The monoisotopic (exact) mass is 229 g/mol. The number of carboxylic acids is 1. The van der Waals surface area contributed by atoms with E-state index >= 15 is 0 Å². The lowest BCUT2D eigenvalue weighted by atomic mass is 9.84. The molecule has 1 saturated heterocycles. The molecule has 0 spiro atoms. The molecule has 1 aliphatic rings. The fraction of sp³-hybridized carbons (Fsp3) is 0.917. The predicted octanol–water partition coefficient (Wildman–Crippen LogP) is 1.45. The lowest BCUT2D eigenvalue weighted by molar-refractivity contribution is -0.146. The van der Waals surface area contributed by atoms with Crippen molar-refractivity contribution in [3.63, 3.8) is 0 Å². The summed E-state index contributed by atoms with van der Waals surface area (Å²) >= 11 is 0. The van der Waals surface area contributed by atoms with Crippen LogP contribution in [0, 0.1) is 11.8 Å². The summed E-state index contributed by atoms with van der Waals surface area (Å²) in [5.74, 6) is -0.781. The maximum Gasteiger partial charge on any atom is 0.309 e. The van der Waals surface area contributed by atoms with E-state index in [-0.39, 0.29) is 11.8 Å². The summed E-state index contributed by atoms with van der Waals surface area (Å²) < 4.78 is 5.00. The van der Waals surface area contributed by atoms with Crippen molar-refractivity contribution >= 4 is 5.97 Å². The van der Waals surface area contributed by atoms with E-state index in [4.69, 9.17) is 9.84 Å². The van der Waals surface area contributed by atoms with Gasteiger partial charge >= 0.3 is 5.97 Å². The van der Waals surface area contributed by atoms with E-state index in [0.29, 0.717) is 12.6 Å². The van der Waals surface area contributed by atoms with Crippen LogP contribution in [0.2, 0.25) is 0 Å². The molecule has 0 bridgehead atoms. The highest BCUT2D eigenvalue weighted by molar-refractivity contribution is 5.70. The first kappa shape index (κ1) is 13.5. The minimum Gasteiger partial charge on any atom is -0.481 e. The highest BCUT2D eigenvalue weighted by atomic mass is 16.5. The van der Waals surface area contributed by atoms with Crippen LogP contribution in [0.25, 0.3) is 0 Å². The van der Waals surface area contributed by atoms with Gasteiger partial charge in [0.2, 0.25) is 0 Å². The van der Waals surface area contributed by atoms with Gasteiger partial charge in [0.05, 0.1) is 12.5 Å². The molecule has 1 heterocycles. The first-order valence-corrected chi connectivity index (χ1v) is 6.02. The Morgan fingerprint density at radius 2 is 2.00 bits per heavy atom. The van der Waals surface area contributed by atoms with Gasteiger partial charge in [-0.25, -0.2) is 0 Å². The first-order chi connectivity index (χ1) is 7.56. The number of likely N-dealkylation sites (tertiary alicyclic amines) is 1. The van der Waals surface area contributed by atoms with Gasteiger partial charge in [-0.05, 0) is 45.7 Å². The Balaban J connectivity index is 2.47. The molecule has 0 amide bonds. The zero-order chi connectivity index (χ0) is 12.1. The summed E-state index contributed by atoms with van der Waals surface area (Å²) in [4.78, 5) is 13.5. The van der Waals surface area contributed by atoms with E-state index in [0.717, 1.165) is 25.9 Å². The van der Waals surface area contributed by atoms with Crippen LogP contribution >= 0.6 is 0 Å². The summed E-state index contributed by atoms with van der Waals surface area (Å²) in [5.41, 5.74) is 0. The number of carboxylic acid groups (broad SMARTS) is 1. The van der Waals surface area contributed by atoms with Crippen LogP contribution in [0.15, 0.2) is 0 Å². The molecule has 1 atom stereocenters. The van der Waals surface area contributed by atoms with E-state index in [1.165, 1.54) is 0 Å². The largest absolute Gasteiger partial charge is 0.481 e. The Hall–Kier alpha value is -0.610. The zero-order valence-electron chi connectivity index (χ0n) is 10.5. The van der Waals surface area contributed by atoms with Crippen LogP contribution in [0.5, 0.6) is 0 Å². The van der Waals surface area contributed by atoms with Gasteiger partial charge in [-0.2, -0.15) is 0 Å². The number of carbonyl (C=O) groups is 1. The molecule has 1 unspecified atom stereocenters. The van der Waals surface area contributed by atoms with Crippen molar-refractivity contribution in [3.8, 4) is 0 Å². The van der Waals surface area contributed by atoms with Crippen molar-refractivity contribution in [1.29, 1.82) is 0 Å². The number of methoxy groups -OCH3 is 1. The van der Waals surface area contributed by atoms with Gasteiger partial charge in [-0.1, -0.05) is 0 Å². The number of nitrogens with zero attached hydrogens (tertiary/aromatic N) is 1. The molecule has 1 fully saturated rings. The van der Waals surface area contributed by atoms with Crippen LogP contribution in [-0.2, 0) is 9.53 Å². The first-order valence-electron chi connectivity index (χ1n) is 6.02. The third kappa shape index (κ3) is 3.46. The van der Waals surface area contributed by atoms with Gasteiger partial charge in [-0.3, -0.25) is 4.79 Å². The molecule has 0 radical (unpaired) electrons. The molecule has 1 rings (SSSR count). The summed E-state index contributed by atoms with van der Waals surface area (Å²) in [6.07, 6.45) is 1.94. The van der Waals surface area contributed by atoms with E-state index in [2.05, 4.69) is 18.7 Å². The molecular formula is C12H23NO3. The fourth-order valence-corrected chi connectivity index (χ4v) is 2.43. The Labute approximate surface area is 97.6 Å². The number of piperidine rings is 1. The molecule has 0 saturated carbocycles. The molecule has 0 aliphatic carbocycles. The quantitative estimate of drug-likeness (QED) is 0.775. The van der Waals surface area contributed by atoms with Crippen molar-refractivity contribution in [1.82, 2.24) is 4.90 Å². The second kappa shape index (κ2) is 6.21. The molecular weight excluding hydrogens is 206 g/mol. The molecule has 94 valence electrons. The maximum absolute atomic E-state index is 11.1. The van der Waals surface area contributed by atoms with Crippen LogP contribution in [-0.4, -0.2) is 48.8 Å². The average molecular weight is 229 g/mol. The summed E-state index contributed by atoms with van der Waals surface area (Å²) in [6, 6.07) is 0.562. The lowest BCUT2D eigenvalue weighted by Crippen LogP contribution is -2.42. The maximum atomic E-state index is 11.1. The molecule has 1 aliphatic heterocycles. The highest BCUT2D eigenvalue weighted by Gasteiger charge is 2.31. The number of rotatable bonds is 5. The average Bonchev–Trinajstić information content (AvgIpc) is 2.25. The van der Waals surface area contributed by atoms with Gasteiger partial charge in [0.1, 0.15) is 0 Å². The fourth-order valence-electron chi connectivity index (χ4n) is 2.43. The summed E-state index contributed by atoms with van der Waals surface area (Å²) in [6.45, 7) is 6.72. The zero-order valence-corrected chi connectivity index (χ0v) is 10.5. The molecule has 0 aromatic carbocycles. The Morgan fingerprint density at radius 3 is 2.38 bits per heavy atom. The minimum atomic E-state index is -0.718. The van der Waals surface area contributed by atoms with Gasteiger partial charge in [0.15, 0.2) is 0 Å². The number of ether oxygens (including phenoxy) is 1. The number of hydrogen-bond acceptors (Lipinski definition) is 3. The normalized spacial score (nSPS) is 21.2. The molecule has 0 aromatic rings. The van der Waals surface area contributed by atoms with Crippen LogP contribution < -0.4 is 0 Å². The molecule has 4 heteroatoms. The van der Waals surface area contributed by atoms with E-state index in [1.807, 2.05) is 0 Å². The Bertz CT molecular complexity index is 222. The predicted molar refractivity (Wildman–Crippen MR) is 62.4 cm³/mol. The third-order valence-electron chi connectivity index (χ3n) is 3.54. The third-order valence-corrected chi connectivity index (χ3v) is 3.54. The van der Waals surface area contributed by atoms with Crippen molar-refractivity contribution in [2.24, 2.45) is 11.8 Å². The van der Waals surface area contributed by atoms with Crippen LogP contribution in [0.4, 0.5) is 0 Å². The lowest BCUT2D eigenvalue weighted by Gasteiger charge is -2.36. The Kier molecular flexibility index (Phi) is 5.22. The second-order valence-corrected chi connectivity index (χ2v) is 4.87. The van der Waals surface area contributed by atoms with E-state index in [9.17, 15) is 4.79 Å². The Morgan fingerprint density at radius 1 is 1.44 bits per heavy atom. The SMILES string of the molecule is COCC(C(=O)O)C1CCN(C(C)C)CC1. The molecule has 0 aromatic heterocycles. The van der Waals surface area contributed by atoms with Gasteiger partial charge < -0.3 is 14.7 Å². The standard InChI is InChI=1S/C12H23NO3/c1-9(2)13-6-4-10(5-7-13)11(8-16-3)12(14)15/h9-11H,4-8H2,1-3H3,(H,14,15). The van der Waals surface area contributed by atoms with Crippen LogP contribution in [0.1, 0.15) is 26.7 Å². The minimum absolute atomic E-state index is 0.271. The van der Waals surface area contributed by atoms with E-state index < -0.39 is 5.97 Å². The number of hydrogen-bond donors (Lipinski definition) is 1. The highest BCUT2D eigenvalue weighted by Crippen LogP contribution is 2.26. The van der Waals surface area contributed by atoms with E-state index in [1.54, 1.807) is 7.11 Å². The van der Waals surface area contributed by atoms with Gasteiger partial charge in [0.25, 0.3) is 0 Å². The topological polar surface area (TPSA) is 49.8 Å². The van der Waals surface area contributed by atoms with Gasteiger partial charge in [-0.15, -0.1) is 0 Å².